The van der Waals surface area contributed by atoms with Crippen molar-refractivity contribution in [2.24, 2.45) is 0 Å². The minimum atomic E-state index is 0.0243. The van der Waals surface area contributed by atoms with Gasteiger partial charge >= 0.3 is 0 Å². The van der Waals surface area contributed by atoms with Gasteiger partial charge in [0.05, 0.1) is 11.3 Å². The molecule has 0 saturated heterocycles. The fourth-order valence-electron chi connectivity index (χ4n) is 2.26. The number of ketones is 1. The number of nitriles is 1. The highest BCUT2D eigenvalue weighted by molar-refractivity contribution is 5.94. The van der Waals surface area contributed by atoms with Crippen molar-refractivity contribution in [3.05, 3.63) is 72.1 Å². The van der Waals surface area contributed by atoms with Gasteiger partial charge in [-0.15, -0.1) is 0 Å². The number of aromatic nitrogens is 2. The lowest BCUT2D eigenvalue weighted by Crippen LogP contribution is -2.00. The predicted molar refractivity (Wildman–Crippen MR) is 96.2 cm³/mol. The average Bonchev–Trinajstić information content (AvgIpc) is 2.63. The molecule has 3 aromatic rings. The van der Waals surface area contributed by atoms with Gasteiger partial charge in [0.25, 0.3) is 0 Å². The molecule has 0 aliphatic heterocycles. The van der Waals surface area contributed by atoms with Crippen LogP contribution in [0.5, 0.6) is 0 Å². The molecule has 0 unspecified atom stereocenters. The molecule has 1 aromatic heterocycles. The molecule has 6 heteroatoms. The summed E-state index contributed by atoms with van der Waals surface area (Å²) in [5.74, 6) is 1.19. The molecular formula is C19H15N5O. The topological polar surface area (TPSA) is 90.7 Å². The number of rotatable bonds is 5. The number of hydrogen-bond acceptors (Lipinski definition) is 6. The molecule has 0 aliphatic rings. The molecular weight excluding hydrogens is 314 g/mol. The van der Waals surface area contributed by atoms with Crippen LogP contribution < -0.4 is 10.6 Å². The van der Waals surface area contributed by atoms with Crippen LogP contribution in [-0.2, 0) is 0 Å². The zero-order valence-corrected chi connectivity index (χ0v) is 13.5. The lowest BCUT2D eigenvalue weighted by molar-refractivity contribution is 0.101. The van der Waals surface area contributed by atoms with E-state index in [1.54, 1.807) is 30.3 Å². The summed E-state index contributed by atoms with van der Waals surface area (Å²) >= 11 is 0. The highest BCUT2D eigenvalue weighted by Gasteiger charge is 2.05. The van der Waals surface area contributed by atoms with Crippen LogP contribution in [0.25, 0.3) is 0 Å². The summed E-state index contributed by atoms with van der Waals surface area (Å²) in [5.41, 5.74) is 2.69. The monoisotopic (exact) mass is 329 g/mol. The summed E-state index contributed by atoms with van der Waals surface area (Å²) in [4.78, 5) is 19.7. The SMILES string of the molecule is CC(=O)c1ccc(Nc2cc(Nc3ccccc3C#N)ncn2)cc1. The van der Waals surface area contributed by atoms with Gasteiger partial charge in [0, 0.05) is 17.3 Å². The first-order valence-electron chi connectivity index (χ1n) is 7.62. The van der Waals surface area contributed by atoms with Gasteiger partial charge < -0.3 is 10.6 Å². The second kappa shape index (κ2) is 7.23. The summed E-state index contributed by atoms with van der Waals surface area (Å²) in [5, 5.41) is 15.4. The Morgan fingerprint density at radius 3 is 2.36 bits per heavy atom. The number of anilines is 4. The molecule has 6 nitrogen and oxygen atoms in total. The van der Waals surface area contributed by atoms with E-state index in [0.29, 0.717) is 28.5 Å². The van der Waals surface area contributed by atoms with Crippen molar-refractivity contribution in [1.29, 1.82) is 5.26 Å². The van der Waals surface area contributed by atoms with Crippen LogP contribution in [0, 0.1) is 11.3 Å². The van der Waals surface area contributed by atoms with Gasteiger partial charge in [-0.25, -0.2) is 9.97 Å². The average molecular weight is 329 g/mol. The van der Waals surface area contributed by atoms with Gasteiger partial charge in [-0.3, -0.25) is 4.79 Å². The van der Waals surface area contributed by atoms with E-state index in [1.807, 2.05) is 24.3 Å². The Morgan fingerprint density at radius 2 is 1.68 bits per heavy atom. The lowest BCUT2D eigenvalue weighted by Gasteiger charge is -2.10. The van der Waals surface area contributed by atoms with E-state index >= 15 is 0 Å². The van der Waals surface area contributed by atoms with Crippen LogP contribution in [0.15, 0.2) is 60.9 Å². The third-order valence-electron chi connectivity index (χ3n) is 3.54. The normalized spacial score (nSPS) is 9.92. The third-order valence-corrected chi connectivity index (χ3v) is 3.54. The Balaban J connectivity index is 1.77. The highest BCUT2D eigenvalue weighted by Crippen LogP contribution is 2.21. The zero-order chi connectivity index (χ0) is 17.6. The fourth-order valence-corrected chi connectivity index (χ4v) is 2.26. The second-order valence-electron chi connectivity index (χ2n) is 5.33. The Hall–Kier alpha value is -3.72. The van der Waals surface area contributed by atoms with Crippen molar-refractivity contribution >= 4 is 28.8 Å². The molecule has 25 heavy (non-hydrogen) atoms. The van der Waals surface area contributed by atoms with E-state index in [2.05, 4.69) is 26.7 Å². The maximum Gasteiger partial charge on any atom is 0.159 e. The molecule has 0 radical (unpaired) electrons. The van der Waals surface area contributed by atoms with Gasteiger partial charge in [0.1, 0.15) is 24.0 Å². The van der Waals surface area contributed by atoms with Crippen LogP contribution in [0.1, 0.15) is 22.8 Å². The van der Waals surface area contributed by atoms with E-state index in [-0.39, 0.29) is 5.78 Å². The van der Waals surface area contributed by atoms with E-state index in [9.17, 15) is 4.79 Å². The molecule has 2 N–H and O–H groups in total. The van der Waals surface area contributed by atoms with Crippen molar-refractivity contribution in [1.82, 2.24) is 9.97 Å². The van der Waals surface area contributed by atoms with Crippen LogP contribution in [0.4, 0.5) is 23.0 Å². The first-order valence-corrected chi connectivity index (χ1v) is 7.62. The zero-order valence-electron chi connectivity index (χ0n) is 13.5. The first-order chi connectivity index (χ1) is 12.2. The Kier molecular flexibility index (Phi) is 4.67. The van der Waals surface area contributed by atoms with Crippen LogP contribution in [-0.4, -0.2) is 15.8 Å². The van der Waals surface area contributed by atoms with Gasteiger partial charge in [-0.2, -0.15) is 5.26 Å². The quantitative estimate of drug-likeness (QED) is 0.687. The molecule has 0 saturated carbocycles. The number of para-hydroxylation sites is 1. The summed E-state index contributed by atoms with van der Waals surface area (Å²) in [6.45, 7) is 1.53. The summed E-state index contributed by atoms with van der Waals surface area (Å²) in [7, 11) is 0. The largest absolute Gasteiger partial charge is 0.340 e. The number of carbonyl (C=O) groups is 1. The molecule has 0 aliphatic carbocycles. The molecule has 0 atom stereocenters. The molecule has 0 amide bonds. The summed E-state index contributed by atoms with van der Waals surface area (Å²) in [6, 6.07) is 18.2. The molecule has 0 fully saturated rings. The number of carbonyl (C=O) groups excluding carboxylic acids is 1. The number of Topliss-reactive ketones (excluding diaryl/α,β-unsaturated/α-hetero) is 1. The molecule has 0 bridgehead atoms. The fraction of sp³-hybridized carbons (Fsp3) is 0.0526. The number of nitrogens with zero attached hydrogens (tertiary/aromatic N) is 3. The molecule has 2 aromatic carbocycles. The van der Waals surface area contributed by atoms with Crippen LogP contribution in [0.2, 0.25) is 0 Å². The van der Waals surface area contributed by atoms with Gasteiger partial charge in [-0.1, -0.05) is 12.1 Å². The second-order valence-corrected chi connectivity index (χ2v) is 5.33. The van der Waals surface area contributed by atoms with Gasteiger partial charge in [-0.05, 0) is 43.3 Å². The van der Waals surface area contributed by atoms with Crippen LogP contribution >= 0.6 is 0 Å². The maximum absolute atomic E-state index is 11.3. The molecule has 1 heterocycles. The standard InChI is InChI=1S/C19H15N5O/c1-13(25)14-6-8-16(9-7-14)23-18-10-19(22-12-21-18)24-17-5-3-2-4-15(17)11-20/h2-10,12H,1H3,(H2,21,22,23,24). The number of nitrogens with one attached hydrogen (secondary N) is 2. The van der Waals surface area contributed by atoms with E-state index in [0.717, 1.165) is 5.69 Å². The highest BCUT2D eigenvalue weighted by atomic mass is 16.1. The number of benzene rings is 2. The van der Waals surface area contributed by atoms with Crippen molar-refractivity contribution in [3.63, 3.8) is 0 Å². The summed E-state index contributed by atoms with van der Waals surface area (Å²) in [6.07, 6.45) is 1.43. The third kappa shape index (κ3) is 3.98. The predicted octanol–water partition coefficient (Wildman–Crippen LogP) is 4.04. The number of hydrogen-bond donors (Lipinski definition) is 2. The molecule has 3 rings (SSSR count). The van der Waals surface area contributed by atoms with E-state index < -0.39 is 0 Å². The minimum Gasteiger partial charge on any atom is -0.340 e. The van der Waals surface area contributed by atoms with E-state index in [4.69, 9.17) is 5.26 Å². The Bertz CT molecular complexity index is 945. The van der Waals surface area contributed by atoms with Gasteiger partial charge in [0.15, 0.2) is 5.78 Å². The summed E-state index contributed by atoms with van der Waals surface area (Å²) < 4.78 is 0. The lowest BCUT2D eigenvalue weighted by atomic mass is 10.1. The van der Waals surface area contributed by atoms with Crippen molar-refractivity contribution in [2.75, 3.05) is 10.6 Å². The van der Waals surface area contributed by atoms with Crippen molar-refractivity contribution < 1.29 is 4.79 Å². The Labute approximate surface area is 145 Å². The maximum atomic E-state index is 11.3. The molecule has 122 valence electrons. The molecule has 0 spiro atoms. The smallest absolute Gasteiger partial charge is 0.159 e. The first kappa shape index (κ1) is 16.1. The van der Waals surface area contributed by atoms with Gasteiger partial charge in [0.2, 0.25) is 0 Å². The van der Waals surface area contributed by atoms with Crippen molar-refractivity contribution in [3.8, 4) is 6.07 Å². The van der Waals surface area contributed by atoms with Crippen molar-refractivity contribution in [2.45, 2.75) is 6.92 Å². The van der Waals surface area contributed by atoms with E-state index in [1.165, 1.54) is 13.3 Å². The minimum absolute atomic E-state index is 0.0243. The Morgan fingerprint density at radius 1 is 1.00 bits per heavy atom. The van der Waals surface area contributed by atoms with Crippen LogP contribution in [0.3, 0.4) is 0 Å².